The molecule has 130 valence electrons. The molecule has 1 atom stereocenters. The van der Waals surface area contributed by atoms with E-state index < -0.39 is 0 Å². The summed E-state index contributed by atoms with van der Waals surface area (Å²) < 4.78 is 5.74. The van der Waals surface area contributed by atoms with Gasteiger partial charge in [0.05, 0.1) is 0 Å². The van der Waals surface area contributed by atoms with Crippen molar-refractivity contribution >= 4 is 16.9 Å². The number of hydrogen-bond acceptors (Lipinski definition) is 4. The molecule has 0 unspecified atom stereocenters. The van der Waals surface area contributed by atoms with Crippen LogP contribution < -0.4 is 5.32 Å². The monoisotopic (exact) mass is 344 g/mol. The van der Waals surface area contributed by atoms with Crippen molar-refractivity contribution in [3.63, 3.8) is 0 Å². The first-order valence-electron chi connectivity index (χ1n) is 9.27. The van der Waals surface area contributed by atoms with Crippen LogP contribution in [0.5, 0.6) is 0 Å². The fraction of sp³-hybridized carbons (Fsp3) is 0.650. The van der Waals surface area contributed by atoms with Crippen molar-refractivity contribution in [3.05, 3.63) is 35.9 Å². The summed E-state index contributed by atoms with van der Waals surface area (Å²) in [7, 11) is 0. The van der Waals surface area contributed by atoms with Crippen LogP contribution in [0.2, 0.25) is 0 Å². The van der Waals surface area contributed by atoms with Gasteiger partial charge in [-0.3, -0.25) is 0 Å². The van der Waals surface area contributed by atoms with E-state index in [4.69, 9.17) is 4.74 Å². The molecule has 3 saturated carbocycles. The van der Waals surface area contributed by atoms with Gasteiger partial charge in [-0.1, -0.05) is 55.9 Å². The molecule has 1 aliphatic heterocycles. The van der Waals surface area contributed by atoms with Crippen LogP contribution in [0.3, 0.4) is 0 Å². The van der Waals surface area contributed by atoms with Crippen molar-refractivity contribution in [2.45, 2.75) is 68.8 Å². The largest absolute Gasteiger partial charge is 0.359 e. The summed E-state index contributed by atoms with van der Waals surface area (Å²) >= 11 is 1.78. The number of hydrogen-bond donors (Lipinski definition) is 1. The second kappa shape index (κ2) is 6.38. The number of nitrogens with zero attached hydrogens (tertiary/aromatic N) is 1. The smallest absolute Gasteiger partial charge is 0.161 e. The summed E-state index contributed by atoms with van der Waals surface area (Å²) in [6.07, 6.45) is 7.67. The Morgan fingerprint density at radius 1 is 1.08 bits per heavy atom. The van der Waals surface area contributed by atoms with Gasteiger partial charge in [0.2, 0.25) is 0 Å². The van der Waals surface area contributed by atoms with E-state index in [9.17, 15) is 0 Å². The normalized spacial score (nSPS) is 35.8. The van der Waals surface area contributed by atoms with E-state index in [0.717, 1.165) is 5.17 Å². The van der Waals surface area contributed by atoms with Crippen molar-refractivity contribution in [2.24, 2.45) is 10.9 Å². The summed E-state index contributed by atoms with van der Waals surface area (Å²) in [6.45, 7) is 4.94. The topological polar surface area (TPSA) is 33.6 Å². The van der Waals surface area contributed by atoms with E-state index in [2.05, 4.69) is 54.5 Å². The average Bonchev–Trinajstić information content (AvgIpc) is 2.64. The van der Waals surface area contributed by atoms with Crippen LogP contribution in [-0.2, 0) is 10.2 Å². The molecule has 3 fully saturated rings. The Hall–Kier alpha value is -1.00. The Morgan fingerprint density at radius 2 is 1.75 bits per heavy atom. The number of benzene rings is 1. The first-order valence-corrected chi connectivity index (χ1v) is 10.2. The van der Waals surface area contributed by atoms with Crippen molar-refractivity contribution < 1.29 is 4.74 Å². The molecule has 24 heavy (non-hydrogen) atoms. The SMILES string of the molecule is CC(C)[C@@H]1OCN=C(NC23CCC(c4ccccc4)(CC2)CC3)S1. The van der Waals surface area contributed by atoms with Gasteiger partial charge in [-0.15, -0.1) is 0 Å². The Labute approximate surface area is 149 Å². The Balaban J connectivity index is 1.44. The van der Waals surface area contributed by atoms with Crippen molar-refractivity contribution in [3.8, 4) is 0 Å². The number of fused-ring (bicyclic) bond motifs is 3. The second-order valence-corrected chi connectivity index (χ2v) is 9.13. The van der Waals surface area contributed by atoms with E-state index in [1.54, 1.807) is 17.3 Å². The Bertz CT molecular complexity index is 589. The summed E-state index contributed by atoms with van der Waals surface area (Å²) in [5, 5.41) is 4.95. The van der Waals surface area contributed by atoms with Gasteiger partial charge in [0, 0.05) is 5.54 Å². The zero-order chi connectivity index (χ0) is 16.6. The lowest BCUT2D eigenvalue weighted by Gasteiger charge is -2.54. The minimum absolute atomic E-state index is 0.233. The van der Waals surface area contributed by atoms with E-state index >= 15 is 0 Å². The minimum atomic E-state index is 0.233. The molecular formula is C20H28N2OS. The lowest BCUT2D eigenvalue weighted by Crippen LogP contribution is -2.57. The van der Waals surface area contributed by atoms with Gasteiger partial charge < -0.3 is 10.1 Å². The first-order chi connectivity index (χ1) is 11.6. The van der Waals surface area contributed by atoms with Crippen molar-refractivity contribution in [1.82, 2.24) is 5.32 Å². The van der Waals surface area contributed by atoms with Crippen LogP contribution >= 0.6 is 11.8 Å². The fourth-order valence-electron chi connectivity index (χ4n) is 4.57. The number of thioether (sulfide) groups is 1. The molecule has 1 N–H and O–H groups in total. The lowest BCUT2D eigenvalue weighted by atomic mass is 9.55. The molecule has 3 aliphatic carbocycles. The Morgan fingerprint density at radius 3 is 2.38 bits per heavy atom. The van der Waals surface area contributed by atoms with Gasteiger partial charge in [0.25, 0.3) is 0 Å². The van der Waals surface area contributed by atoms with Gasteiger partial charge in [-0.05, 0) is 55.4 Å². The van der Waals surface area contributed by atoms with Gasteiger partial charge in [0.1, 0.15) is 12.2 Å². The Kier molecular flexibility index (Phi) is 4.38. The molecule has 0 spiro atoms. The quantitative estimate of drug-likeness (QED) is 0.864. The van der Waals surface area contributed by atoms with E-state index in [1.165, 1.54) is 38.5 Å². The highest BCUT2D eigenvalue weighted by Gasteiger charge is 2.49. The maximum absolute atomic E-state index is 5.74. The zero-order valence-electron chi connectivity index (χ0n) is 14.8. The third-order valence-electron chi connectivity index (χ3n) is 6.22. The number of rotatable bonds is 3. The highest BCUT2D eigenvalue weighted by atomic mass is 32.2. The van der Waals surface area contributed by atoms with E-state index in [-0.39, 0.29) is 11.0 Å². The highest BCUT2D eigenvalue weighted by molar-refractivity contribution is 8.14. The van der Waals surface area contributed by atoms with Gasteiger partial charge in [-0.25, -0.2) is 4.99 Å². The predicted octanol–water partition coefficient (Wildman–Crippen LogP) is 4.68. The van der Waals surface area contributed by atoms with Crippen molar-refractivity contribution in [1.29, 1.82) is 0 Å². The summed E-state index contributed by atoms with van der Waals surface area (Å²) in [4.78, 5) is 4.59. The zero-order valence-corrected chi connectivity index (χ0v) is 15.6. The number of nitrogens with one attached hydrogen (secondary N) is 1. The molecule has 0 amide bonds. The van der Waals surface area contributed by atoms with Crippen LogP contribution in [-0.4, -0.2) is 22.9 Å². The van der Waals surface area contributed by atoms with E-state index in [1.807, 2.05) is 0 Å². The van der Waals surface area contributed by atoms with Crippen LogP contribution in [0, 0.1) is 5.92 Å². The van der Waals surface area contributed by atoms with E-state index in [0.29, 0.717) is 18.1 Å². The molecule has 0 saturated heterocycles. The average molecular weight is 345 g/mol. The number of amidine groups is 1. The summed E-state index contributed by atoms with van der Waals surface area (Å²) in [5.41, 5.74) is 2.48. The predicted molar refractivity (Wildman–Crippen MR) is 101 cm³/mol. The molecule has 5 rings (SSSR count). The number of aliphatic imine (C=N–C) groups is 1. The molecule has 1 aromatic carbocycles. The highest BCUT2D eigenvalue weighted by Crippen LogP contribution is 2.53. The van der Waals surface area contributed by atoms with Crippen molar-refractivity contribution in [2.75, 3.05) is 6.73 Å². The first kappa shape index (κ1) is 16.5. The van der Waals surface area contributed by atoms with Crippen LogP contribution in [0.15, 0.2) is 35.3 Å². The van der Waals surface area contributed by atoms with Gasteiger partial charge in [0.15, 0.2) is 5.17 Å². The fourth-order valence-corrected chi connectivity index (χ4v) is 5.60. The lowest BCUT2D eigenvalue weighted by molar-refractivity contribution is 0.0821. The number of ether oxygens (including phenoxy) is 1. The molecule has 3 nitrogen and oxygen atoms in total. The molecule has 1 heterocycles. The molecular weight excluding hydrogens is 316 g/mol. The summed E-state index contributed by atoms with van der Waals surface area (Å²) in [5.74, 6) is 0.517. The summed E-state index contributed by atoms with van der Waals surface area (Å²) in [6, 6.07) is 11.2. The van der Waals surface area contributed by atoms with Crippen LogP contribution in [0.4, 0.5) is 0 Å². The molecule has 4 aliphatic rings. The van der Waals surface area contributed by atoms with Gasteiger partial charge >= 0.3 is 0 Å². The second-order valence-electron chi connectivity index (χ2n) is 8.04. The maximum atomic E-state index is 5.74. The molecule has 2 bridgehead atoms. The van der Waals surface area contributed by atoms with Crippen LogP contribution in [0.25, 0.3) is 0 Å². The van der Waals surface area contributed by atoms with Crippen LogP contribution in [0.1, 0.15) is 57.9 Å². The molecule has 0 aromatic heterocycles. The molecule has 0 radical (unpaired) electrons. The molecule has 4 heteroatoms. The third kappa shape index (κ3) is 2.99. The standard InChI is InChI=1S/C20H28N2OS/c1-15(2)17-23-14-21-18(24-17)22-20-11-8-19(9-12-20,10-13-20)16-6-4-3-5-7-16/h3-7,15,17H,8-14H2,1-2H3,(H,21,22)/t17-,19?,20?/m1/s1. The van der Waals surface area contributed by atoms with Gasteiger partial charge in [-0.2, -0.15) is 0 Å². The third-order valence-corrected chi connectivity index (χ3v) is 7.59. The maximum Gasteiger partial charge on any atom is 0.161 e. The molecule has 1 aromatic rings. The minimum Gasteiger partial charge on any atom is -0.359 e.